The van der Waals surface area contributed by atoms with E-state index in [1.165, 1.54) is 11.8 Å². The Labute approximate surface area is 189 Å². The Morgan fingerprint density at radius 3 is 2.55 bits per heavy atom. The first-order valence-electron chi connectivity index (χ1n) is 9.52. The van der Waals surface area contributed by atoms with E-state index >= 15 is 0 Å². The van der Waals surface area contributed by atoms with Gasteiger partial charge in [-0.1, -0.05) is 66.4 Å². The van der Waals surface area contributed by atoms with Crippen LogP contribution in [0.5, 0.6) is 0 Å². The van der Waals surface area contributed by atoms with Gasteiger partial charge >= 0.3 is 5.97 Å². The quantitative estimate of drug-likeness (QED) is 0.380. The van der Waals surface area contributed by atoms with Crippen LogP contribution < -0.4 is 5.73 Å². The molecule has 1 aliphatic heterocycles. The van der Waals surface area contributed by atoms with Gasteiger partial charge in [0.2, 0.25) is 0 Å². The lowest BCUT2D eigenvalue weighted by molar-refractivity contribution is -0.138. The molecule has 0 spiro atoms. The van der Waals surface area contributed by atoms with Gasteiger partial charge in [0.1, 0.15) is 22.3 Å². The van der Waals surface area contributed by atoms with Crippen molar-refractivity contribution in [3.05, 3.63) is 88.5 Å². The van der Waals surface area contributed by atoms with E-state index in [4.69, 9.17) is 15.3 Å². The Morgan fingerprint density at radius 2 is 1.87 bits per heavy atom. The molecule has 1 fully saturated rings. The van der Waals surface area contributed by atoms with Gasteiger partial charge in [-0.25, -0.2) is 0 Å². The topological polar surface area (TPSA) is 96.8 Å². The second kappa shape index (κ2) is 9.05. The van der Waals surface area contributed by atoms with Gasteiger partial charge in [-0.15, -0.1) is 12.6 Å². The molecule has 1 saturated heterocycles. The Kier molecular flexibility index (Phi) is 6.22. The van der Waals surface area contributed by atoms with E-state index in [-0.39, 0.29) is 10.6 Å². The number of carboxylic acids is 1. The van der Waals surface area contributed by atoms with Crippen molar-refractivity contribution in [1.82, 2.24) is 4.90 Å². The monoisotopic (exact) mass is 452 g/mol. The second-order valence-electron chi connectivity index (χ2n) is 7.01. The molecule has 3 aromatic rings. The average Bonchev–Trinajstić information content (AvgIpc) is 3.34. The van der Waals surface area contributed by atoms with Gasteiger partial charge < -0.3 is 20.2 Å². The third-order valence-electron chi connectivity index (χ3n) is 4.89. The van der Waals surface area contributed by atoms with Gasteiger partial charge in [0.15, 0.2) is 0 Å². The number of furan rings is 1. The number of benzene rings is 2. The molecule has 1 amide bonds. The molecular formula is C23H20N2O4S2. The van der Waals surface area contributed by atoms with Crippen LogP contribution in [-0.2, 0) is 16.1 Å². The highest BCUT2D eigenvalue weighted by molar-refractivity contribution is 8.14. The Hall–Kier alpha value is -2.94. The number of hydrogen-bond donors (Lipinski definition) is 3. The number of thioether (sulfide) groups is 1. The predicted molar refractivity (Wildman–Crippen MR) is 124 cm³/mol. The molecule has 2 heterocycles. The third-order valence-corrected chi connectivity index (χ3v) is 6.49. The minimum Gasteiger partial charge on any atom is -0.480 e. The zero-order valence-electron chi connectivity index (χ0n) is 16.3. The van der Waals surface area contributed by atoms with Crippen molar-refractivity contribution < 1.29 is 19.1 Å². The Bertz CT molecular complexity index is 1130. The third kappa shape index (κ3) is 4.71. The fourth-order valence-electron chi connectivity index (χ4n) is 3.21. The number of hydrogen-bond acceptors (Lipinski definition) is 6. The fourth-order valence-corrected chi connectivity index (χ4v) is 4.66. The summed E-state index contributed by atoms with van der Waals surface area (Å²) < 4.78 is 5.62. The van der Waals surface area contributed by atoms with Crippen LogP contribution in [0.3, 0.4) is 0 Å². The number of nitrogens with two attached hydrogens (primary N) is 1. The number of carbonyl (C=O) groups excluding carboxylic acids is 1. The summed E-state index contributed by atoms with van der Waals surface area (Å²) in [5, 5.41) is 9.01. The van der Waals surface area contributed by atoms with Crippen molar-refractivity contribution in [2.45, 2.75) is 17.3 Å². The van der Waals surface area contributed by atoms with Gasteiger partial charge in [-0.2, -0.15) is 0 Å². The van der Waals surface area contributed by atoms with Gasteiger partial charge in [0, 0.05) is 18.2 Å². The summed E-state index contributed by atoms with van der Waals surface area (Å²) in [7, 11) is 0. The van der Waals surface area contributed by atoms with E-state index in [9.17, 15) is 9.59 Å². The molecule has 0 aliphatic carbocycles. The first-order chi connectivity index (χ1) is 14.9. The van der Waals surface area contributed by atoms with Crippen molar-refractivity contribution in [2.75, 3.05) is 0 Å². The van der Waals surface area contributed by atoms with Crippen molar-refractivity contribution >= 4 is 42.3 Å². The van der Waals surface area contributed by atoms with E-state index in [1.54, 1.807) is 41.3 Å². The van der Waals surface area contributed by atoms with E-state index in [0.29, 0.717) is 28.5 Å². The summed E-state index contributed by atoms with van der Waals surface area (Å²) in [6, 6.07) is 19.2. The first-order valence-corrected chi connectivity index (χ1v) is 10.9. The van der Waals surface area contributed by atoms with E-state index in [1.807, 2.05) is 36.4 Å². The molecule has 0 radical (unpaired) electrons. The van der Waals surface area contributed by atoms with Crippen LogP contribution in [0.4, 0.5) is 0 Å². The number of carbonyl (C=O) groups is 2. The molecule has 1 aromatic heterocycles. The van der Waals surface area contributed by atoms with Crippen LogP contribution in [-0.4, -0.2) is 26.6 Å². The number of amides is 1. The maximum absolute atomic E-state index is 12.8. The highest BCUT2D eigenvalue weighted by Gasteiger charge is 2.34. The molecule has 158 valence electrons. The van der Waals surface area contributed by atoms with Crippen molar-refractivity contribution in [2.24, 2.45) is 5.73 Å². The Balaban J connectivity index is 1.49. The minimum absolute atomic E-state index is 0.0844. The SMILES string of the molecule is N[C@@H](C(=O)O)c1ccc(-c2ccc(/C=C3\S[C@@H](S)N(Cc4ccccc4)C3=O)o2)cc1. The highest BCUT2D eigenvalue weighted by Crippen LogP contribution is 2.39. The molecule has 2 atom stereocenters. The fraction of sp³-hybridized carbons (Fsp3) is 0.130. The van der Waals surface area contributed by atoms with E-state index in [0.717, 1.165) is 11.1 Å². The standard InChI is InChI=1S/C23H20N2O4S2/c24-20(22(27)28)16-8-6-15(7-9-16)18-11-10-17(29-18)12-19-21(26)25(23(30)31-19)13-14-4-2-1-3-5-14/h1-12,20,23,30H,13,24H2,(H,27,28)/b19-12-/t20-,23-/m1/s1. The summed E-state index contributed by atoms with van der Waals surface area (Å²) in [6.07, 6.45) is 1.72. The molecule has 0 unspecified atom stereocenters. The van der Waals surface area contributed by atoms with Crippen LogP contribution in [0, 0.1) is 0 Å². The zero-order valence-corrected chi connectivity index (χ0v) is 18.1. The molecule has 0 saturated carbocycles. The minimum atomic E-state index is -1.08. The predicted octanol–water partition coefficient (Wildman–Crippen LogP) is 4.36. The lowest BCUT2D eigenvalue weighted by atomic mass is 10.0. The van der Waals surface area contributed by atoms with Crippen molar-refractivity contribution in [1.29, 1.82) is 0 Å². The van der Waals surface area contributed by atoms with Crippen LogP contribution >= 0.6 is 24.4 Å². The Morgan fingerprint density at radius 1 is 1.16 bits per heavy atom. The first kappa shape index (κ1) is 21.3. The number of thiol groups is 1. The largest absolute Gasteiger partial charge is 0.480 e. The number of aliphatic carboxylic acids is 1. The van der Waals surface area contributed by atoms with Crippen LogP contribution in [0.1, 0.15) is 22.9 Å². The number of nitrogens with zero attached hydrogens (tertiary/aromatic N) is 1. The normalized spacial score (nSPS) is 18.5. The molecule has 1 aliphatic rings. The maximum atomic E-state index is 12.8. The number of carboxylic acid groups (broad SMARTS) is 1. The average molecular weight is 453 g/mol. The summed E-state index contributed by atoms with van der Waals surface area (Å²) in [5.41, 5.74) is 7.97. The van der Waals surface area contributed by atoms with Crippen molar-refractivity contribution in [3.63, 3.8) is 0 Å². The van der Waals surface area contributed by atoms with Crippen LogP contribution in [0.2, 0.25) is 0 Å². The van der Waals surface area contributed by atoms with Crippen molar-refractivity contribution in [3.8, 4) is 11.3 Å². The molecular weight excluding hydrogens is 432 g/mol. The summed E-state index contributed by atoms with van der Waals surface area (Å²) >= 11 is 5.93. The smallest absolute Gasteiger partial charge is 0.325 e. The molecule has 0 bridgehead atoms. The molecule has 8 heteroatoms. The lowest BCUT2D eigenvalue weighted by Gasteiger charge is -2.19. The summed E-state index contributed by atoms with van der Waals surface area (Å²) in [4.78, 5) is 26.1. The summed E-state index contributed by atoms with van der Waals surface area (Å²) in [6.45, 7) is 0.492. The van der Waals surface area contributed by atoms with Gasteiger partial charge in [0.05, 0.1) is 4.91 Å². The molecule has 6 nitrogen and oxygen atoms in total. The van der Waals surface area contributed by atoms with Gasteiger partial charge in [0.25, 0.3) is 5.91 Å². The van der Waals surface area contributed by atoms with Crippen LogP contribution in [0.25, 0.3) is 17.4 Å². The molecule has 4 rings (SSSR count). The highest BCUT2D eigenvalue weighted by atomic mass is 32.2. The summed E-state index contributed by atoms with van der Waals surface area (Å²) in [5.74, 6) is 0.00146. The van der Waals surface area contributed by atoms with E-state index < -0.39 is 12.0 Å². The molecule has 31 heavy (non-hydrogen) atoms. The lowest BCUT2D eigenvalue weighted by Crippen LogP contribution is -2.28. The number of rotatable bonds is 6. The van der Waals surface area contributed by atoms with Gasteiger partial charge in [-0.05, 0) is 23.3 Å². The zero-order chi connectivity index (χ0) is 22.0. The van der Waals surface area contributed by atoms with Gasteiger partial charge in [-0.3, -0.25) is 9.59 Å². The van der Waals surface area contributed by atoms with E-state index in [2.05, 4.69) is 12.6 Å². The van der Waals surface area contributed by atoms with Crippen LogP contribution in [0.15, 0.2) is 76.1 Å². The molecule has 2 aromatic carbocycles. The maximum Gasteiger partial charge on any atom is 0.325 e. The second-order valence-corrected chi connectivity index (χ2v) is 8.97. The molecule has 3 N–H and O–H groups in total.